The molecule has 2 amide bonds. The molecule has 0 spiro atoms. The molecule has 1 saturated heterocycles. The molecule has 0 radical (unpaired) electrons. The van der Waals surface area contributed by atoms with E-state index in [1.807, 2.05) is 0 Å². The highest BCUT2D eigenvalue weighted by molar-refractivity contribution is 8.00. The largest absolute Gasteiger partial charge is 0.477 e. The van der Waals surface area contributed by atoms with E-state index < -0.39 is 61.8 Å². The first-order valence-corrected chi connectivity index (χ1v) is 13.0. The average Bonchev–Trinajstić information content (AvgIpc) is 3.23. The van der Waals surface area contributed by atoms with Gasteiger partial charge in [0.05, 0.1) is 10.6 Å². The molecule has 14 nitrogen and oxygen atoms in total. The summed E-state index contributed by atoms with van der Waals surface area (Å²) in [6, 6.07) is 1.67. The van der Waals surface area contributed by atoms with Gasteiger partial charge < -0.3 is 21.4 Å². The number of carbonyl (C=O) groups excluding carboxylic acids is 2. The second-order valence-corrected chi connectivity index (χ2v) is 11.1. The van der Waals surface area contributed by atoms with Gasteiger partial charge in [-0.2, -0.15) is 0 Å². The predicted molar refractivity (Wildman–Crippen MR) is 121 cm³/mol. The number of pyridine rings is 1. The Labute approximate surface area is 201 Å². The van der Waals surface area contributed by atoms with Crippen LogP contribution in [0.5, 0.6) is 0 Å². The number of β-lactam (4-membered cyclic amide) rings is 1. The lowest BCUT2D eigenvalue weighted by Crippen LogP contribution is -2.71. The number of aliphatic carboxylic acids is 1. The minimum Gasteiger partial charge on any atom is -0.477 e. The Morgan fingerprint density at radius 1 is 1.38 bits per heavy atom. The van der Waals surface area contributed by atoms with Crippen LogP contribution in [0.25, 0.3) is 0 Å². The van der Waals surface area contributed by atoms with Crippen molar-refractivity contribution >= 4 is 63.5 Å². The van der Waals surface area contributed by atoms with E-state index in [0.29, 0.717) is 0 Å². The van der Waals surface area contributed by atoms with Gasteiger partial charge in [-0.1, -0.05) is 5.16 Å². The summed E-state index contributed by atoms with van der Waals surface area (Å²) in [5.74, 6) is -4.23. The van der Waals surface area contributed by atoms with Crippen molar-refractivity contribution in [2.45, 2.75) is 21.8 Å². The van der Waals surface area contributed by atoms with Crippen LogP contribution in [0, 0.1) is 0 Å². The van der Waals surface area contributed by atoms with Crippen LogP contribution < -0.4 is 11.1 Å². The highest BCUT2D eigenvalue weighted by atomic mass is 32.2. The molecule has 17 heteroatoms. The minimum absolute atomic E-state index is 0.00316. The molecular formula is C17H17N7O7S3. The van der Waals surface area contributed by atoms with E-state index in [0.717, 1.165) is 39.7 Å². The summed E-state index contributed by atoms with van der Waals surface area (Å²) < 4.78 is 29.2. The van der Waals surface area contributed by atoms with Crippen molar-refractivity contribution in [3.05, 3.63) is 35.8 Å². The zero-order chi connectivity index (χ0) is 24.6. The number of sulfone groups is 1. The van der Waals surface area contributed by atoms with E-state index in [4.69, 9.17) is 5.73 Å². The van der Waals surface area contributed by atoms with Crippen LogP contribution >= 0.6 is 23.7 Å². The van der Waals surface area contributed by atoms with E-state index in [1.165, 1.54) is 24.7 Å². The first-order chi connectivity index (χ1) is 16.2. The Morgan fingerprint density at radius 2 is 2.15 bits per heavy atom. The van der Waals surface area contributed by atoms with Gasteiger partial charge in [0.1, 0.15) is 23.5 Å². The number of carboxylic acids is 1. The third-order valence-corrected chi connectivity index (χ3v) is 8.74. The van der Waals surface area contributed by atoms with E-state index in [1.54, 1.807) is 0 Å². The number of nitrogens with zero attached hydrogens (tertiary/aromatic N) is 5. The number of carbonyl (C=O) groups is 3. The van der Waals surface area contributed by atoms with E-state index in [9.17, 15) is 33.1 Å². The van der Waals surface area contributed by atoms with Crippen LogP contribution in [-0.2, 0) is 24.2 Å². The quantitative estimate of drug-likeness (QED) is 0.0872. The number of amidine groups is 1. The van der Waals surface area contributed by atoms with Gasteiger partial charge in [0.15, 0.2) is 15.3 Å². The number of thioether (sulfide) groups is 1. The molecule has 3 aliphatic heterocycles. The fraction of sp³-hybridized carbons (Fsp3) is 0.294. The molecule has 4 heterocycles. The van der Waals surface area contributed by atoms with Crippen LogP contribution in [-0.4, -0.2) is 91.9 Å². The summed E-state index contributed by atoms with van der Waals surface area (Å²) in [4.78, 5) is 43.1. The maximum absolute atomic E-state index is 12.8. The SMILES string of the molecule is NC1SN=CN1/C(=N\O)C(=O)NC1C(=O)N2C(C(=O)O)=C(CS(=O)(=O)c3cccnc3)CS[C@H]12. The molecule has 1 fully saturated rings. The molecule has 0 saturated carbocycles. The number of nitrogens with one attached hydrogen (secondary N) is 1. The van der Waals surface area contributed by atoms with Crippen LogP contribution in [0.3, 0.4) is 0 Å². The summed E-state index contributed by atoms with van der Waals surface area (Å²) in [6.07, 6.45) is 3.75. The molecule has 1 aromatic rings. The smallest absolute Gasteiger partial charge is 0.352 e. The number of fused-ring (bicyclic) bond motifs is 1. The van der Waals surface area contributed by atoms with Gasteiger partial charge in [-0.15, -0.1) is 11.8 Å². The lowest BCUT2D eigenvalue weighted by Gasteiger charge is -2.49. The Morgan fingerprint density at radius 3 is 2.74 bits per heavy atom. The van der Waals surface area contributed by atoms with Crippen LogP contribution in [0.2, 0.25) is 0 Å². The maximum Gasteiger partial charge on any atom is 0.352 e. The molecule has 0 bridgehead atoms. The van der Waals surface area contributed by atoms with Crippen molar-refractivity contribution < 1.29 is 33.1 Å². The van der Waals surface area contributed by atoms with Crippen molar-refractivity contribution in [1.29, 1.82) is 0 Å². The van der Waals surface area contributed by atoms with Crippen LogP contribution in [0.4, 0.5) is 0 Å². The van der Waals surface area contributed by atoms with Crippen LogP contribution in [0.1, 0.15) is 0 Å². The number of hydrogen-bond acceptors (Lipinski definition) is 12. The fourth-order valence-corrected chi connectivity index (χ4v) is 6.87. The van der Waals surface area contributed by atoms with Gasteiger partial charge in [0, 0.05) is 30.1 Å². The molecule has 34 heavy (non-hydrogen) atoms. The highest BCUT2D eigenvalue weighted by Crippen LogP contribution is 2.41. The molecule has 0 aliphatic carbocycles. The Balaban J connectivity index is 1.53. The number of oxime groups is 1. The number of amides is 2. The zero-order valence-electron chi connectivity index (χ0n) is 17.0. The number of carboxylic acid groups (broad SMARTS) is 1. The molecule has 1 aromatic heterocycles. The van der Waals surface area contributed by atoms with Gasteiger partial charge in [0.2, 0.25) is 5.84 Å². The second-order valence-electron chi connectivity index (χ2n) is 7.11. The number of aromatic nitrogens is 1. The summed E-state index contributed by atoms with van der Waals surface area (Å²) in [5, 5.41) is 23.5. The van der Waals surface area contributed by atoms with Gasteiger partial charge in [-0.3, -0.25) is 24.4 Å². The predicted octanol–water partition coefficient (Wildman–Crippen LogP) is -1.38. The Hall–Kier alpha value is -3.15. The van der Waals surface area contributed by atoms with Crippen molar-refractivity contribution in [2.75, 3.05) is 11.5 Å². The summed E-state index contributed by atoms with van der Waals surface area (Å²) in [7, 11) is -3.90. The van der Waals surface area contributed by atoms with Gasteiger partial charge in [0.25, 0.3) is 11.8 Å². The fourth-order valence-electron chi connectivity index (χ4n) is 3.49. The second kappa shape index (κ2) is 9.24. The lowest BCUT2D eigenvalue weighted by molar-refractivity contribution is -0.150. The van der Waals surface area contributed by atoms with Crippen molar-refractivity contribution in [3.8, 4) is 0 Å². The first-order valence-electron chi connectivity index (χ1n) is 9.44. The normalized spacial score (nSPS) is 24.7. The molecule has 5 N–H and O–H groups in total. The van der Waals surface area contributed by atoms with Crippen molar-refractivity contribution in [2.24, 2.45) is 15.3 Å². The Bertz CT molecular complexity index is 1240. The van der Waals surface area contributed by atoms with Crippen molar-refractivity contribution in [3.63, 3.8) is 0 Å². The summed E-state index contributed by atoms with van der Waals surface area (Å²) in [6.45, 7) is 0. The third kappa shape index (κ3) is 4.22. The Kier molecular flexibility index (Phi) is 6.52. The first kappa shape index (κ1) is 24.0. The van der Waals surface area contributed by atoms with E-state index in [2.05, 4.69) is 19.9 Å². The number of hydrogen-bond donors (Lipinski definition) is 4. The summed E-state index contributed by atoms with van der Waals surface area (Å²) in [5.41, 5.74) is 4.55. The number of nitrogens with two attached hydrogens (primary N) is 1. The molecule has 0 aromatic carbocycles. The van der Waals surface area contributed by atoms with E-state index in [-0.39, 0.29) is 16.2 Å². The maximum atomic E-state index is 12.8. The minimum atomic E-state index is -3.90. The van der Waals surface area contributed by atoms with Gasteiger partial charge in [-0.25, -0.2) is 17.6 Å². The summed E-state index contributed by atoms with van der Waals surface area (Å²) >= 11 is 2.03. The zero-order valence-corrected chi connectivity index (χ0v) is 19.5. The van der Waals surface area contributed by atoms with Gasteiger partial charge in [-0.05, 0) is 17.7 Å². The molecule has 3 aliphatic rings. The lowest BCUT2D eigenvalue weighted by atomic mass is 10.0. The topological polar surface area (TPSA) is 208 Å². The third-order valence-electron chi connectivity index (χ3n) is 5.05. The van der Waals surface area contributed by atoms with Gasteiger partial charge >= 0.3 is 5.97 Å². The highest BCUT2D eigenvalue weighted by Gasteiger charge is 2.55. The molecule has 2 unspecified atom stereocenters. The monoisotopic (exact) mass is 527 g/mol. The van der Waals surface area contributed by atoms with Crippen LogP contribution in [0.15, 0.2) is 50.2 Å². The average molecular weight is 528 g/mol. The standard InChI is InChI=1S/C17H17N7O7S3/c18-17-23(7-20-33-17)12(22-29)13(25)21-10-14(26)24-11(16(27)28)8(5-32-15(10)24)6-34(30,31)9-2-1-3-19-4-9/h1-4,7,10,15,17,29H,5-6,18H2,(H,21,25)(H,27,28)/b22-12-/t10?,15-,17?/m1/s1. The van der Waals surface area contributed by atoms with Crippen molar-refractivity contribution in [1.82, 2.24) is 20.1 Å². The molecule has 4 rings (SSSR count). The number of rotatable bonds is 5. The van der Waals surface area contributed by atoms with E-state index >= 15 is 0 Å². The molecule has 180 valence electrons. The molecule has 3 atom stereocenters. The molecular weight excluding hydrogens is 510 g/mol.